The summed E-state index contributed by atoms with van der Waals surface area (Å²) in [6.45, 7) is -0.118. The van der Waals surface area contributed by atoms with E-state index in [1.165, 1.54) is 7.05 Å². The molecule has 2 aliphatic rings. The van der Waals surface area contributed by atoms with E-state index >= 15 is 0 Å². The molecule has 2 saturated heterocycles. The van der Waals surface area contributed by atoms with Crippen LogP contribution in [0.15, 0.2) is 0 Å². The molecule has 2 aliphatic heterocycles. The van der Waals surface area contributed by atoms with Crippen molar-refractivity contribution in [3.05, 3.63) is 0 Å². The number of aliphatic hydroxyl groups excluding tert-OH is 1. The highest BCUT2D eigenvalue weighted by Gasteiger charge is 2.42. The minimum atomic E-state index is -1.22. The molecule has 9 heteroatoms. The Morgan fingerprint density at radius 2 is 2.00 bits per heavy atom. The van der Waals surface area contributed by atoms with Gasteiger partial charge in [0, 0.05) is 20.0 Å². The maximum Gasteiger partial charge on any atom is 0.326 e. The van der Waals surface area contributed by atoms with Gasteiger partial charge in [-0.05, 0) is 0 Å². The third-order valence-electron chi connectivity index (χ3n) is 3.50. The topological polar surface area (TPSA) is 127 Å². The van der Waals surface area contributed by atoms with Gasteiger partial charge in [-0.3, -0.25) is 14.5 Å². The van der Waals surface area contributed by atoms with Crippen molar-refractivity contribution < 1.29 is 29.4 Å². The van der Waals surface area contributed by atoms with Crippen LogP contribution in [0.4, 0.5) is 4.79 Å². The molecule has 3 atom stereocenters. The van der Waals surface area contributed by atoms with E-state index in [1.807, 2.05) is 0 Å². The van der Waals surface area contributed by atoms with Crippen LogP contribution in [0.1, 0.15) is 12.8 Å². The van der Waals surface area contributed by atoms with Crippen LogP contribution >= 0.6 is 0 Å². The number of likely N-dealkylation sites (tertiary alicyclic amines) is 2. The number of likely N-dealkylation sites (N-methyl/N-ethyl adjacent to an activating group) is 1. The van der Waals surface area contributed by atoms with E-state index < -0.39 is 42.0 Å². The summed E-state index contributed by atoms with van der Waals surface area (Å²) in [4.78, 5) is 47.8. The quantitative estimate of drug-likeness (QED) is 0.502. The van der Waals surface area contributed by atoms with Crippen LogP contribution in [0.25, 0.3) is 0 Å². The molecule has 20 heavy (non-hydrogen) atoms. The highest BCUT2D eigenvalue weighted by molar-refractivity contribution is 6.06. The minimum absolute atomic E-state index is 0.0554. The van der Waals surface area contributed by atoms with Gasteiger partial charge in [-0.15, -0.1) is 0 Å². The van der Waals surface area contributed by atoms with Crippen LogP contribution in [0.5, 0.6) is 0 Å². The van der Waals surface area contributed by atoms with Gasteiger partial charge >= 0.3 is 12.0 Å². The van der Waals surface area contributed by atoms with E-state index in [-0.39, 0.29) is 19.4 Å². The highest BCUT2D eigenvalue weighted by atomic mass is 16.4. The summed E-state index contributed by atoms with van der Waals surface area (Å²) >= 11 is 0. The Labute approximate surface area is 114 Å². The van der Waals surface area contributed by atoms with Crippen LogP contribution in [-0.2, 0) is 14.4 Å². The second-order valence-corrected chi connectivity index (χ2v) is 4.89. The Kier molecular flexibility index (Phi) is 3.62. The lowest BCUT2D eigenvalue weighted by molar-refractivity contribution is -0.141. The molecule has 3 N–H and O–H groups in total. The first-order chi connectivity index (χ1) is 9.31. The fraction of sp³-hybridized carbons (Fsp3) is 0.636. The molecule has 0 radical (unpaired) electrons. The number of amides is 4. The zero-order chi connectivity index (χ0) is 15.0. The van der Waals surface area contributed by atoms with Gasteiger partial charge in [0.05, 0.1) is 12.5 Å². The van der Waals surface area contributed by atoms with E-state index in [1.54, 1.807) is 0 Å². The molecule has 0 aromatic heterocycles. The summed E-state index contributed by atoms with van der Waals surface area (Å²) in [6, 6.07) is -2.88. The van der Waals surface area contributed by atoms with Gasteiger partial charge in [0.25, 0.3) is 5.91 Å². The fourth-order valence-corrected chi connectivity index (χ4v) is 2.37. The number of nitrogens with zero attached hydrogens (tertiary/aromatic N) is 2. The van der Waals surface area contributed by atoms with Gasteiger partial charge in [-0.1, -0.05) is 0 Å². The summed E-state index contributed by atoms with van der Waals surface area (Å²) in [7, 11) is 1.32. The average molecular weight is 285 g/mol. The Morgan fingerprint density at radius 3 is 2.50 bits per heavy atom. The SMILES string of the molecule is CN1C(=O)CC(NC(=O)N2C[C@H](O)C[C@@H]2C(=O)O)C1=O. The Morgan fingerprint density at radius 1 is 1.35 bits per heavy atom. The maximum absolute atomic E-state index is 12.0. The first-order valence-corrected chi connectivity index (χ1v) is 6.09. The van der Waals surface area contributed by atoms with Gasteiger partial charge in [0.1, 0.15) is 12.1 Å². The predicted octanol–water partition coefficient (Wildman–Crippen LogP) is -2.03. The molecule has 2 fully saturated rings. The standard InChI is InChI=1S/C11H15N3O6/c1-13-8(16)3-6(9(13)17)12-11(20)14-4-5(15)2-7(14)10(18)19/h5-7,15H,2-4H2,1H3,(H,12,20)(H,18,19)/t5-,6?,7-/m1/s1. The maximum atomic E-state index is 12.0. The lowest BCUT2D eigenvalue weighted by atomic mass is 10.2. The number of aliphatic hydroxyl groups is 1. The van der Waals surface area contributed by atoms with E-state index in [9.17, 15) is 24.3 Å². The molecule has 110 valence electrons. The number of hydrogen-bond donors (Lipinski definition) is 3. The molecule has 0 aliphatic carbocycles. The second-order valence-electron chi connectivity index (χ2n) is 4.89. The molecule has 4 amide bonds. The number of urea groups is 1. The van der Waals surface area contributed by atoms with Crippen LogP contribution in [-0.4, -0.2) is 75.6 Å². The number of carboxylic acid groups (broad SMARTS) is 1. The monoisotopic (exact) mass is 285 g/mol. The molecular formula is C11H15N3O6. The smallest absolute Gasteiger partial charge is 0.326 e. The van der Waals surface area contributed by atoms with Crippen LogP contribution in [0.3, 0.4) is 0 Å². The van der Waals surface area contributed by atoms with Gasteiger partial charge in [0.2, 0.25) is 5.91 Å². The number of β-amino-alcohol motifs (C(OH)–C–C–N with tert-alkyl or cyclic N) is 1. The summed E-state index contributed by atoms with van der Waals surface area (Å²) in [5, 5.41) is 20.8. The first-order valence-electron chi connectivity index (χ1n) is 6.09. The van der Waals surface area contributed by atoms with Crippen molar-refractivity contribution in [1.29, 1.82) is 0 Å². The Balaban J connectivity index is 2.03. The van der Waals surface area contributed by atoms with Crippen molar-refractivity contribution >= 4 is 23.8 Å². The number of hydrogen-bond acceptors (Lipinski definition) is 5. The van der Waals surface area contributed by atoms with Crippen molar-refractivity contribution in [3.8, 4) is 0 Å². The first kappa shape index (κ1) is 14.3. The van der Waals surface area contributed by atoms with Crippen LogP contribution < -0.4 is 5.32 Å². The molecule has 0 saturated carbocycles. The van der Waals surface area contributed by atoms with Gasteiger partial charge < -0.3 is 20.4 Å². The summed E-state index contributed by atoms with van der Waals surface area (Å²) < 4.78 is 0. The molecule has 0 bridgehead atoms. The third-order valence-corrected chi connectivity index (χ3v) is 3.50. The number of carbonyl (C=O) groups is 4. The van der Waals surface area contributed by atoms with Gasteiger partial charge in [-0.2, -0.15) is 0 Å². The minimum Gasteiger partial charge on any atom is -0.480 e. The number of rotatable bonds is 2. The van der Waals surface area contributed by atoms with Crippen molar-refractivity contribution in [1.82, 2.24) is 15.1 Å². The molecule has 0 aromatic rings. The van der Waals surface area contributed by atoms with Crippen molar-refractivity contribution in [2.75, 3.05) is 13.6 Å². The van der Waals surface area contributed by atoms with Gasteiger partial charge in [-0.25, -0.2) is 9.59 Å². The molecule has 2 heterocycles. The molecular weight excluding hydrogens is 270 g/mol. The van der Waals surface area contributed by atoms with Crippen molar-refractivity contribution in [2.24, 2.45) is 0 Å². The molecule has 0 aromatic carbocycles. The third kappa shape index (κ3) is 2.44. The zero-order valence-corrected chi connectivity index (χ0v) is 10.8. The fourth-order valence-electron chi connectivity index (χ4n) is 2.37. The Hall–Kier alpha value is -2.16. The molecule has 2 rings (SSSR count). The van der Waals surface area contributed by atoms with E-state index in [0.29, 0.717) is 0 Å². The lowest BCUT2D eigenvalue weighted by Gasteiger charge is -2.23. The summed E-state index contributed by atoms with van der Waals surface area (Å²) in [5.41, 5.74) is 0. The molecule has 9 nitrogen and oxygen atoms in total. The predicted molar refractivity (Wildman–Crippen MR) is 63.5 cm³/mol. The largest absolute Gasteiger partial charge is 0.480 e. The number of nitrogens with one attached hydrogen (secondary N) is 1. The van der Waals surface area contributed by atoms with Crippen LogP contribution in [0.2, 0.25) is 0 Å². The zero-order valence-electron chi connectivity index (χ0n) is 10.8. The average Bonchev–Trinajstić information content (AvgIpc) is 2.87. The van der Waals surface area contributed by atoms with E-state index in [2.05, 4.69) is 5.32 Å². The number of carbonyl (C=O) groups excluding carboxylic acids is 3. The number of carboxylic acids is 1. The number of imide groups is 1. The van der Waals surface area contributed by atoms with Crippen molar-refractivity contribution in [2.45, 2.75) is 31.0 Å². The summed E-state index contributed by atoms with van der Waals surface area (Å²) in [6.07, 6.45) is -1.11. The van der Waals surface area contributed by atoms with Crippen LogP contribution in [0, 0.1) is 0 Å². The summed E-state index contributed by atoms with van der Waals surface area (Å²) in [5.74, 6) is -2.16. The normalized spacial score (nSPS) is 30.0. The number of aliphatic carboxylic acids is 1. The second kappa shape index (κ2) is 5.08. The molecule has 1 unspecified atom stereocenters. The highest BCUT2D eigenvalue weighted by Crippen LogP contribution is 2.19. The lowest BCUT2D eigenvalue weighted by Crippen LogP contribution is -2.51. The van der Waals surface area contributed by atoms with Gasteiger partial charge in [0.15, 0.2) is 0 Å². The van der Waals surface area contributed by atoms with E-state index in [4.69, 9.17) is 5.11 Å². The van der Waals surface area contributed by atoms with Crippen molar-refractivity contribution in [3.63, 3.8) is 0 Å². The van der Waals surface area contributed by atoms with E-state index in [0.717, 1.165) is 9.80 Å². The Bertz CT molecular complexity index is 479. The molecule has 0 spiro atoms.